The second-order valence-electron chi connectivity index (χ2n) is 5.77. The fraction of sp³-hybridized carbons (Fsp3) is 0.100. The van der Waals surface area contributed by atoms with Gasteiger partial charge in [0.15, 0.2) is 6.17 Å². The Morgan fingerprint density at radius 3 is 2.31 bits per heavy atom. The van der Waals surface area contributed by atoms with Gasteiger partial charge in [-0.25, -0.2) is 4.39 Å². The third-order valence-electron chi connectivity index (χ3n) is 3.77. The second kappa shape index (κ2) is 7.93. The maximum absolute atomic E-state index is 13.1. The van der Waals surface area contributed by atoms with Crippen molar-refractivity contribution < 1.29 is 14.0 Å². The highest BCUT2D eigenvalue weighted by molar-refractivity contribution is 7.12. The average molecular weight is 368 g/mol. The van der Waals surface area contributed by atoms with Gasteiger partial charge in [0.25, 0.3) is 5.91 Å². The van der Waals surface area contributed by atoms with Crippen LogP contribution < -0.4 is 10.6 Å². The van der Waals surface area contributed by atoms with E-state index in [1.54, 1.807) is 29.6 Å². The Kier molecular flexibility index (Phi) is 5.43. The van der Waals surface area contributed by atoms with Crippen molar-refractivity contribution in [1.82, 2.24) is 5.32 Å². The molecule has 0 spiro atoms. The highest BCUT2D eigenvalue weighted by atomic mass is 32.1. The van der Waals surface area contributed by atoms with Crippen LogP contribution in [-0.2, 0) is 0 Å². The van der Waals surface area contributed by atoms with Gasteiger partial charge in [0, 0.05) is 11.3 Å². The molecule has 0 bridgehead atoms. The molecule has 0 aliphatic carbocycles. The zero-order valence-electron chi connectivity index (χ0n) is 14.0. The summed E-state index contributed by atoms with van der Waals surface area (Å²) < 4.78 is 13.1. The summed E-state index contributed by atoms with van der Waals surface area (Å²) in [5.74, 6) is -1.00. The fourth-order valence-corrected chi connectivity index (χ4v) is 3.00. The molecule has 0 fully saturated rings. The van der Waals surface area contributed by atoms with Crippen LogP contribution in [0, 0.1) is 12.7 Å². The molecule has 1 atom stereocenters. The van der Waals surface area contributed by atoms with Gasteiger partial charge in [-0.2, -0.15) is 0 Å². The number of benzene rings is 2. The van der Waals surface area contributed by atoms with E-state index in [4.69, 9.17) is 0 Å². The minimum Gasteiger partial charge on any atom is -0.359 e. The Morgan fingerprint density at radius 2 is 1.69 bits per heavy atom. The molecule has 132 valence electrons. The second-order valence-corrected chi connectivity index (χ2v) is 6.71. The summed E-state index contributed by atoms with van der Waals surface area (Å²) in [6.07, 6.45) is -0.974. The molecule has 0 aliphatic heterocycles. The number of Topliss-reactive ketones (excluding diaryl/α,β-unsaturated/α-hetero) is 1. The van der Waals surface area contributed by atoms with Crippen molar-refractivity contribution in [2.75, 3.05) is 5.32 Å². The molecule has 0 saturated heterocycles. The molecule has 0 aliphatic rings. The quantitative estimate of drug-likeness (QED) is 0.505. The third kappa shape index (κ3) is 4.34. The first-order valence-corrected chi connectivity index (χ1v) is 8.88. The lowest BCUT2D eigenvalue weighted by atomic mass is 10.1. The summed E-state index contributed by atoms with van der Waals surface area (Å²) in [5, 5.41) is 7.47. The van der Waals surface area contributed by atoms with Gasteiger partial charge in [0.05, 0.1) is 4.88 Å². The van der Waals surface area contributed by atoms with Gasteiger partial charge >= 0.3 is 0 Å². The topological polar surface area (TPSA) is 58.2 Å². The molecule has 2 N–H and O–H groups in total. The smallest absolute Gasteiger partial charge is 0.263 e. The fourth-order valence-electron chi connectivity index (χ4n) is 2.37. The number of hydrogen-bond acceptors (Lipinski definition) is 4. The van der Waals surface area contributed by atoms with E-state index < -0.39 is 6.17 Å². The van der Waals surface area contributed by atoms with E-state index in [1.165, 1.54) is 35.6 Å². The summed E-state index contributed by atoms with van der Waals surface area (Å²) in [4.78, 5) is 25.8. The van der Waals surface area contributed by atoms with Gasteiger partial charge in [-0.3, -0.25) is 9.59 Å². The van der Waals surface area contributed by atoms with Crippen LogP contribution in [0.3, 0.4) is 0 Å². The van der Waals surface area contributed by atoms with Gasteiger partial charge in [-0.15, -0.1) is 11.3 Å². The third-order valence-corrected chi connectivity index (χ3v) is 4.64. The Hall–Kier alpha value is -2.99. The summed E-state index contributed by atoms with van der Waals surface area (Å²) in [7, 11) is 0. The minimum absolute atomic E-state index is 0.278. The molecule has 1 heterocycles. The molecule has 1 aromatic heterocycles. The highest BCUT2D eigenvalue weighted by Gasteiger charge is 2.23. The first kappa shape index (κ1) is 17.8. The van der Waals surface area contributed by atoms with Gasteiger partial charge < -0.3 is 10.6 Å². The van der Waals surface area contributed by atoms with E-state index >= 15 is 0 Å². The summed E-state index contributed by atoms with van der Waals surface area (Å²) >= 11 is 1.29. The lowest BCUT2D eigenvalue weighted by Gasteiger charge is -2.20. The standard InChI is InChI=1S/C20H17FN2O2S/c1-13-4-6-14(7-5-13)18(24)19(22-16-10-8-15(21)9-11-16)23-20(25)17-3-2-12-26-17/h2-12,19,22H,1H3,(H,23,25). The normalized spacial score (nSPS) is 11.6. The van der Waals surface area contributed by atoms with Gasteiger partial charge in [0.2, 0.25) is 5.78 Å². The number of carbonyl (C=O) groups excluding carboxylic acids is 2. The molecule has 3 rings (SSSR count). The summed E-state index contributed by atoms with van der Waals surface area (Å²) in [6.45, 7) is 1.93. The van der Waals surface area contributed by atoms with Crippen molar-refractivity contribution in [1.29, 1.82) is 0 Å². The van der Waals surface area contributed by atoms with Crippen LogP contribution in [0.2, 0.25) is 0 Å². The first-order chi connectivity index (χ1) is 12.5. The molecular formula is C20H17FN2O2S. The van der Waals surface area contributed by atoms with E-state index in [2.05, 4.69) is 10.6 Å². The van der Waals surface area contributed by atoms with Crippen molar-refractivity contribution in [2.24, 2.45) is 0 Å². The van der Waals surface area contributed by atoms with E-state index in [0.29, 0.717) is 16.1 Å². The lowest BCUT2D eigenvalue weighted by molar-refractivity contribution is 0.0872. The molecule has 6 heteroatoms. The van der Waals surface area contributed by atoms with Crippen molar-refractivity contribution in [3.8, 4) is 0 Å². The minimum atomic E-state index is -0.974. The number of hydrogen-bond donors (Lipinski definition) is 2. The number of aryl methyl sites for hydroxylation is 1. The van der Waals surface area contributed by atoms with Gasteiger partial charge in [-0.05, 0) is 42.6 Å². The predicted octanol–water partition coefficient (Wildman–Crippen LogP) is 4.25. The van der Waals surface area contributed by atoms with Crippen molar-refractivity contribution in [3.05, 3.63) is 87.9 Å². The predicted molar refractivity (Wildman–Crippen MR) is 101 cm³/mol. The molecule has 1 amide bonds. The number of carbonyl (C=O) groups is 2. The molecular weight excluding hydrogens is 351 g/mol. The van der Waals surface area contributed by atoms with Crippen LogP contribution in [0.15, 0.2) is 66.0 Å². The number of nitrogens with one attached hydrogen (secondary N) is 2. The van der Waals surface area contributed by atoms with Crippen LogP contribution in [-0.4, -0.2) is 17.9 Å². The molecule has 4 nitrogen and oxygen atoms in total. The van der Waals surface area contributed by atoms with Crippen LogP contribution in [0.5, 0.6) is 0 Å². The van der Waals surface area contributed by atoms with Crippen LogP contribution in [0.25, 0.3) is 0 Å². The molecule has 26 heavy (non-hydrogen) atoms. The van der Waals surface area contributed by atoms with E-state index in [9.17, 15) is 14.0 Å². The average Bonchev–Trinajstić information content (AvgIpc) is 3.18. The number of anilines is 1. The van der Waals surface area contributed by atoms with Crippen LogP contribution >= 0.6 is 11.3 Å². The largest absolute Gasteiger partial charge is 0.359 e. The molecule has 3 aromatic rings. The van der Waals surface area contributed by atoms with Gasteiger partial charge in [0.1, 0.15) is 5.82 Å². The number of ketones is 1. The molecule has 0 saturated carbocycles. The number of rotatable bonds is 6. The molecule has 1 unspecified atom stereocenters. The van der Waals surface area contributed by atoms with Crippen molar-refractivity contribution >= 4 is 28.7 Å². The summed E-state index contributed by atoms with van der Waals surface area (Å²) in [5.41, 5.74) is 2.04. The number of halogens is 1. The summed E-state index contributed by atoms with van der Waals surface area (Å²) in [6, 6.07) is 16.2. The van der Waals surface area contributed by atoms with Crippen LogP contribution in [0.1, 0.15) is 25.6 Å². The van der Waals surface area contributed by atoms with Crippen molar-refractivity contribution in [3.63, 3.8) is 0 Å². The van der Waals surface area contributed by atoms with E-state index in [1.807, 2.05) is 19.1 Å². The molecule has 2 aromatic carbocycles. The lowest BCUT2D eigenvalue weighted by Crippen LogP contribution is -2.46. The number of thiophene rings is 1. The Morgan fingerprint density at radius 1 is 1.00 bits per heavy atom. The highest BCUT2D eigenvalue weighted by Crippen LogP contribution is 2.14. The van der Waals surface area contributed by atoms with Crippen LogP contribution in [0.4, 0.5) is 10.1 Å². The molecule has 0 radical (unpaired) electrons. The SMILES string of the molecule is Cc1ccc(C(=O)C(NC(=O)c2cccs2)Nc2ccc(F)cc2)cc1. The Labute approximate surface area is 154 Å². The Balaban J connectivity index is 1.84. The first-order valence-electron chi connectivity index (χ1n) is 8.00. The van der Waals surface area contributed by atoms with Crippen molar-refractivity contribution in [2.45, 2.75) is 13.1 Å². The Bertz CT molecular complexity index is 891. The maximum atomic E-state index is 13.1. The van der Waals surface area contributed by atoms with Gasteiger partial charge in [-0.1, -0.05) is 35.9 Å². The van der Waals surface area contributed by atoms with E-state index in [0.717, 1.165) is 5.56 Å². The van der Waals surface area contributed by atoms with E-state index in [-0.39, 0.29) is 17.5 Å². The zero-order chi connectivity index (χ0) is 18.5. The number of amides is 1. The zero-order valence-corrected chi connectivity index (χ0v) is 14.8. The maximum Gasteiger partial charge on any atom is 0.263 e. The monoisotopic (exact) mass is 368 g/mol.